The normalized spacial score (nSPS) is 12.4. The molecule has 0 saturated carbocycles. The van der Waals surface area contributed by atoms with E-state index in [1.165, 1.54) is 0 Å². The first kappa shape index (κ1) is 22.3. The number of hydrogen-bond donors (Lipinski definition) is 2. The smallest absolute Gasteiger partial charge is 0.242 e. The van der Waals surface area contributed by atoms with Crippen LogP contribution in [0.3, 0.4) is 0 Å². The number of aryl methyl sites for hydroxylation is 2. The van der Waals surface area contributed by atoms with E-state index in [1.807, 2.05) is 19.2 Å². The van der Waals surface area contributed by atoms with Gasteiger partial charge in [-0.1, -0.05) is 12.1 Å². The first-order chi connectivity index (χ1) is 13.3. The molecule has 0 spiro atoms. The standard InChI is InChI=1S/C20H26N2O4S2/c1-14-5-6-15(2)19(13-14)28(24,25)22-18(11-12-27-4)20(23)21-16-7-9-17(26-3)10-8-16/h5-10,13,18,22H,11-12H2,1-4H3,(H,21,23). The van der Waals surface area contributed by atoms with Crippen LogP contribution in [0.5, 0.6) is 5.75 Å². The van der Waals surface area contributed by atoms with E-state index in [9.17, 15) is 13.2 Å². The van der Waals surface area contributed by atoms with Gasteiger partial charge in [-0.15, -0.1) is 0 Å². The Morgan fingerprint density at radius 3 is 2.43 bits per heavy atom. The van der Waals surface area contributed by atoms with Gasteiger partial charge in [-0.25, -0.2) is 8.42 Å². The van der Waals surface area contributed by atoms with Crippen molar-refractivity contribution in [3.8, 4) is 5.75 Å². The number of anilines is 1. The fourth-order valence-electron chi connectivity index (χ4n) is 2.63. The Kier molecular flexibility index (Phi) is 7.91. The summed E-state index contributed by atoms with van der Waals surface area (Å²) < 4.78 is 33.5. The summed E-state index contributed by atoms with van der Waals surface area (Å²) in [6.07, 6.45) is 2.30. The summed E-state index contributed by atoms with van der Waals surface area (Å²) in [5, 5.41) is 2.77. The minimum absolute atomic E-state index is 0.193. The number of carbonyl (C=O) groups is 1. The van der Waals surface area contributed by atoms with Gasteiger partial charge in [0.2, 0.25) is 15.9 Å². The molecule has 28 heavy (non-hydrogen) atoms. The Labute approximate surface area is 171 Å². The third-order valence-electron chi connectivity index (χ3n) is 4.22. The molecule has 0 fully saturated rings. The molecule has 0 saturated heterocycles. The van der Waals surface area contributed by atoms with E-state index < -0.39 is 22.0 Å². The summed E-state index contributed by atoms with van der Waals surface area (Å²) in [5.74, 6) is 0.927. The molecule has 6 nitrogen and oxygen atoms in total. The highest BCUT2D eigenvalue weighted by Crippen LogP contribution is 2.19. The molecule has 0 aliphatic heterocycles. The lowest BCUT2D eigenvalue weighted by Gasteiger charge is -2.19. The predicted molar refractivity (Wildman–Crippen MR) is 115 cm³/mol. The van der Waals surface area contributed by atoms with Crippen molar-refractivity contribution >= 4 is 33.4 Å². The van der Waals surface area contributed by atoms with Gasteiger partial charge in [-0.2, -0.15) is 16.5 Å². The molecule has 0 aromatic heterocycles. The zero-order valence-corrected chi connectivity index (χ0v) is 18.1. The van der Waals surface area contributed by atoms with E-state index in [1.54, 1.807) is 62.2 Å². The van der Waals surface area contributed by atoms with Gasteiger partial charge >= 0.3 is 0 Å². The number of benzene rings is 2. The van der Waals surface area contributed by atoms with Crippen molar-refractivity contribution < 1.29 is 17.9 Å². The minimum Gasteiger partial charge on any atom is -0.497 e. The van der Waals surface area contributed by atoms with Crippen LogP contribution in [0.1, 0.15) is 17.5 Å². The van der Waals surface area contributed by atoms with Crippen LogP contribution in [0.15, 0.2) is 47.4 Å². The fourth-order valence-corrected chi connectivity index (χ4v) is 4.66. The van der Waals surface area contributed by atoms with Gasteiger partial charge in [0.15, 0.2) is 0 Å². The van der Waals surface area contributed by atoms with E-state index in [0.29, 0.717) is 29.2 Å². The molecule has 1 atom stereocenters. The van der Waals surface area contributed by atoms with Crippen molar-refractivity contribution in [3.05, 3.63) is 53.6 Å². The molecule has 2 aromatic rings. The molecular formula is C20H26N2O4S2. The summed E-state index contributed by atoms with van der Waals surface area (Å²) in [7, 11) is -2.27. The lowest BCUT2D eigenvalue weighted by Crippen LogP contribution is -2.44. The topological polar surface area (TPSA) is 84.5 Å². The summed E-state index contributed by atoms with van der Waals surface area (Å²) in [6.45, 7) is 3.57. The maximum atomic E-state index is 12.9. The Bertz CT molecular complexity index is 912. The molecule has 2 aromatic carbocycles. The highest BCUT2D eigenvalue weighted by molar-refractivity contribution is 7.98. The SMILES string of the molecule is COc1ccc(NC(=O)C(CCSC)NS(=O)(=O)c2cc(C)ccc2C)cc1. The highest BCUT2D eigenvalue weighted by atomic mass is 32.2. The third-order valence-corrected chi connectivity index (χ3v) is 6.47. The van der Waals surface area contributed by atoms with Crippen LogP contribution in [-0.4, -0.2) is 39.5 Å². The minimum atomic E-state index is -3.83. The molecule has 1 unspecified atom stereocenters. The van der Waals surface area contributed by atoms with Crippen molar-refractivity contribution in [2.75, 3.05) is 24.4 Å². The Hall–Kier alpha value is -2.03. The van der Waals surface area contributed by atoms with Gasteiger partial charge in [-0.3, -0.25) is 4.79 Å². The van der Waals surface area contributed by atoms with Gasteiger partial charge in [0.1, 0.15) is 11.8 Å². The lowest BCUT2D eigenvalue weighted by molar-refractivity contribution is -0.117. The second kappa shape index (κ2) is 9.95. The molecule has 0 bridgehead atoms. The highest BCUT2D eigenvalue weighted by Gasteiger charge is 2.26. The molecule has 0 heterocycles. The second-order valence-corrected chi connectivity index (χ2v) is 9.11. The number of ether oxygens (including phenoxy) is 1. The average molecular weight is 423 g/mol. The van der Waals surface area contributed by atoms with Crippen LogP contribution in [0.25, 0.3) is 0 Å². The van der Waals surface area contributed by atoms with E-state index in [0.717, 1.165) is 5.56 Å². The summed E-state index contributed by atoms with van der Waals surface area (Å²) in [4.78, 5) is 12.9. The van der Waals surface area contributed by atoms with Crippen molar-refractivity contribution in [2.45, 2.75) is 31.2 Å². The van der Waals surface area contributed by atoms with E-state index >= 15 is 0 Å². The van der Waals surface area contributed by atoms with Gasteiger partial charge in [0, 0.05) is 5.69 Å². The first-order valence-electron chi connectivity index (χ1n) is 8.80. The molecule has 152 valence electrons. The number of rotatable bonds is 9. The number of methoxy groups -OCH3 is 1. The number of sulfonamides is 1. The first-order valence-corrected chi connectivity index (χ1v) is 11.7. The maximum Gasteiger partial charge on any atom is 0.242 e. The van der Waals surface area contributed by atoms with Crippen LogP contribution in [0, 0.1) is 13.8 Å². The molecular weight excluding hydrogens is 396 g/mol. The Morgan fingerprint density at radius 1 is 1.14 bits per heavy atom. The molecule has 0 radical (unpaired) electrons. The van der Waals surface area contributed by atoms with Crippen LogP contribution in [-0.2, 0) is 14.8 Å². The molecule has 0 aliphatic rings. The average Bonchev–Trinajstić information content (AvgIpc) is 2.67. The van der Waals surface area contributed by atoms with Crippen LogP contribution in [0.2, 0.25) is 0 Å². The molecule has 1 amide bonds. The number of hydrogen-bond acceptors (Lipinski definition) is 5. The number of thioether (sulfide) groups is 1. The van der Waals surface area contributed by atoms with Crippen LogP contribution in [0.4, 0.5) is 5.69 Å². The third kappa shape index (κ3) is 5.98. The fraction of sp³-hybridized carbons (Fsp3) is 0.350. The van der Waals surface area contributed by atoms with Crippen LogP contribution < -0.4 is 14.8 Å². The summed E-state index contributed by atoms with van der Waals surface area (Å²) in [6, 6.07) is 11.2. The Morgan fingerprint density at radius 2 is 1.82 bits per heavy atom. The van der Waals surface area contributed by atoms with Crippen molar-refractivity contribution in [2.24, 2.45) is 0 Å². The molecule has 2 rings (SSSR count). The molecule has 8 heteroatoms. The molecule has 0 aliphatic carbocycles. The van der Waals surface area contributed by atoms with E-state index in [-0.39, 0.29) is 4.90 Å². The monoisotopic (exact) mass is 422 g/mol. The van der Waals surface area contributed by atoms with Crippen molar-refractivity contribution in [1.82, 2.24) is 4.72 Å². The van der Waals surface area contributed by atoms with Gasteiger partial charge in [0.25, 0.3) is 0 Å². The quantitative estimate of drug-likeness (QED) is 0.647. The summed E-state index contributed by atoms with van der Waals surface area (Å²) in [5.41, 5.74) is 2.05. The van der Waals surface area contributed by atoms with E-state index in [2.05, 4.69) is 10.0 Å². The number of carbonyl (C=O) groups excluding carboxylic acids is 1. The van der Waals surface area contributed by atoms with Crippen LogP contribution >= 0.6 is 11.8 Å². The number of nitrogens with one attached hydrogen (secondary N) is 2. The zero-order valence-electron chi connectivity index (χ0n) is 16.5. The van der Waals surface area contributed by atoms with Gasteiger partial charge in [0.05, 0.1) is 12.0 Å². The van der Waals surface area contributed by atoms with Crippen molar-refractivity contribution in [1.29, 1.82) is 0 Å². The largest absolute Gasteiger partial charge is 0.497 e. The Balaban J connectivity index is 2.21. The van der Waals surface area contributed by atoms with Crippen molar-refractivity contribution in [3.63, 3.8) is 0 Å². The maximum absolute atomic E-state index is 12.9. The van der Waals surface area contributed by atoms with Gasteiger partial charge < -0.3 is 10.1 Å². The number of amides is 1. The molecule has 2 N–H and O–H groups in total. The predicted octanol–water partition coefficient (Wildman–Crippen LogP) is 3.35. The zero-order chi connectivity index (χ0) is 20.7. The van der Waals surface area contributed by atoms with E-state index in [4.69, 9.17) is 4.74 Å². The summed E-state index contributed by atoms with van der Waals surface area (Å²) >= 11 is 1.55. The van der Waals surface area contributed by atoms with Gasteiger partial charge in [-0.05, 0) is 73.7 Å². The second-order valence-electron chi connectivity index (χ2n) is 6.44. The lowest BCUT2D eigenvalue weighted by atomic mass is 10.2.